The maximum absolute atomic E-state index is 11.1. The minimum Gasteiger partial charge on any atom is -0.481 e. The molecule has 1 atom stereocenters. The van der Waals surface area contributed by atoms with E-state index >= 15 is 0 Å². The van der Waals surface area contributed by atoms with Crippen LogP contribution in [0.25, 0.3) is 0 Å². The number of fused-ring (bicyclic) bond motifs is 1. The van der Waals surface area contributed by atoms with Crippen molar-refractivity contribution in [1.29, 1.82) is 0 Å². The van der Waals surface area contributed by atoms with Crippen LogP contribution in [0.15, 0.2) is 0 Å². The smallest absolute Gasteiger partial charge is 0.312 e. The third kappa shape index (κ3) is 2.79. The van der Waals surface area contributed by atoms with E-state index in [4.69, 9.17) is 10.8 Å². The summed E-state index contributed by atoms with van der Waals surface area (Å²) in [4.78, 5) is 27.1. The molecule has 1 aromatic rings. The molecule has 4 N–H and O–H groups in total. The van der Waals surface area contributed by atoms with E-state index in [0.717, 1.165) is 17.7 Å². The van der Waals surface area contributed by atoms with Gasteiger partial charge in [-0.2, -0.15) is 0 Å². The summed E-state index contributed by atoms with van der Waals surface area (Å²) in [6.45, 7) is 0.430. The third-order valence-electron chi connectivity index (χ3n) is 2.90. The molecule has 1 aliphatic carbocycles. The summed E-state index contributed by atoms with van der Waals surface area (Å²) in [6.07, 6.45) is 2.65. The predicted octanol–water partition coefficient (Wildman–Crippen LogP) is 0.935. The molecular weight excluding hydrogens is 254 g/mol. The molecule has 1 amide bonds. The lowest BCUT2D eigenvalue weighted by Crippen LogP contribution is -2.17. The maximum Gasteiger partial charge on any atom is 0.312 e. The van der Waals surface area contributed by atoms with Crippen molar-refractivity contribution in [3.8, 4) is 0 Å². The fraction of sp³-hybridized carbons (Fsp3) is 0.545. The van der Waals surface area contributed by atoms with Crippen molar-refractivity contribution in [2.45, 2.75) is 31.6 Å². The van der Waals surface area contributed by atoms with Crippen LogP contribution in [-0.4, -0.2) is 28.5 Å². The van der Waals surface area contributed by atoms with Crippen LogP contribution in [0.3, 0.4) is 0 Å². The Bertz CT molecular complexity index is 472. The molecule has 18 heavy (non-hydrogen) atoms. The lowest BCUT2D eigenvalue weighted by molar-refractivity contribution is -0.139. The first-order chi connectivity index (χ1) is 8.58. The number of nitrogens with zero attached hydrogens (tertiary/aromatic N) is 1. The second-order valence-corrected chi connectivity index (χ2v) is 5.34. The Morgan fingerprint density at radius 2 is 2.33 bits per heavy atom. The standard InChI is InChI=1S/C11H15N3O3S/c12-8(15)4-5-13-11-14-9-6(10(16)17)2-1-3-7(9)18-11/h6H,1-5H2,(H2,12,15)(H,13,14)(H,16,17). The molecule has 0 saturated carbocycles. The number of carbonyl (C=O) groups excluding carboxylic acids is 1. The number of carboxylic acid groups (broad SMARTS) is 1. The lowest BCUT2D eigenvalue weighted by Gasteiger charge is -2.16. The zero-order valence-corrected chi connectivity index (χ0v) is 10.6. The number of anilines is 1. The van der Waals surface area contributed by atoms with E-state index in [-0.39, 0.29) is 12.3 Å². The summed E-state index contributed by atoms with van der Waals surface area (Å²) in [7, 11) is 0. The molecule has 2 rings (SSSR count). The number of hydrogen-bond donors (Lipinski definition) is 3. The number of carbonyl (C=O) groups is 2. The van der Waals surface area contributed by atoms with E-state index in [1.807, 2.05) is 0 Å². The number of rotatable bonds is 5. The number of aliphatic carboxylic acids is 1. The van der Waals surface area contributed by atoms with Crippen LogP contribution >= 0.6 is 11.3 Å². The van der Waals surface area contributed by atoms with E-state index in [2.05, 4.69) is 10.3 Å². The fourth-order valence-electron chi connectivity index (χ4n) is 2.03. The average Bonchev–Trinajstić information content (AvgIpc) is 2.70. The van der Waals surface area contributed by atoms with Crippen LogP contribution in [0, 0.1) is 0 Å². The average molecular weight is 269 g/mol. The summed E-state index contributed by atoms with van der Waals surface area (Å²) < 4.78 is 0. The quantitative estimate of drug-likeness (QED) is 0.737. The molecule has 0 aromatic carbocycles. The van der Waals surface area contributed by atoms with E-state index in [0.29, 0.717) is 23.8 Å². The van der Waals surface area contributed by atoms with Gasteiger partial charge < -0.3 is 16.2 Å². The van der Waals surface area contributed by atoms with Gasteiger partial charge in [-0.05, 0) is 19.3 Å². The van der Waals surface area contributed by atoms with Gasteiger partial charge in [0.05, 0.1) is 5.69 Å². The lowest BCUT2D eigenvalue weighted by atomic mass is 9.91. The van der Waals surface area contributed by atoms with Crippen LogP contribution in [-0.2, 0) is 16.0 Å². The van der Waals surface area contributed by atoms with Gasteiger partial charge in [0, 0.05) is 17.8 Å². The van der Waals surface area contributed by atoms with Gasteiger partial charge in [0.2, 0.25) is 5.91 Å². The molecule has 98 valence electrons. The summed E-state index contributed by atoms with van der Waals surface area (Å²) in [5.74, 6) is -1.67. The zero-order valence-electron chi connectivity index (χ0n) is 9.81. The van der Waals surface area contributed by atoms with E-state index < -0.39 is 11.9 Å². The van der Waals surface area contributed by atoms with Gasteiger partial charge >= 0.3 is 5.97 Å². The van der Waals surface area contributed by atoms with E-state index in [1.165, 1.54) is 11.3 Å². The third-order valence-corrected chi connectivity index (χ3v) is 3.99. The van der Waals surface area contributed by atoms with Crippen molar-refractivity contribution in [3.05, 3.63) is 10.6 Å². The van der Waals surface area contributed by atoms with Crippen molar-refractivity contribution in [2.75, 3.05) is 11.9 Å². The first kappa shape index (κ1) is 12.8. The minimum atomic E-state index is -0.815. The largest absolute Gasteiger partial charge is 0.481 e. The number of nitrogens with one attached hydrogen (secondary N) is 1. The Morgan fingerprint density at radius 1 is 1.56 bits per heavy atom. The number of primary amides is 1. The highest BCUT2D eigenvalue weighted by Crippen LogP contribution is 2.36. The normalized spacial score (nSPS) is 18.1. The van der Waals surface area contributed by atoms with Crippen LogP contribution < -0.4 is 11.1 Å². The molecule has 0 aliphatic heterocycles. The number of aromatic nitrogens is 1. The second kappa shape index (κ2) is 5.34. The second-order valence-electron chi connectivity index (χ2n) is 4.25. The van der Waals surface area contributed by atoms with Crippen LogP contribution in [0.5, 0.6) is 0 Å². The topological polar surface area (TPSA) is 105 Å². The van der Waals surface area contributed by atoms with Gasteiger partial charge in [0.15, 0.2) is 5.13 Å². The molecule has 1 aromatic heterocycles. The van der Waals surface area contributed by atoms with E-state index in [1.54, 1.807) is 0 Å². The number of amides is 1. The number of aryl methyl sites for hydroxylation is 1. The highest BCUT2D eigenvalue weighted by atomic mass is 32.1. The van der Waals surface area contributed by atoms with Crippen LogP contribution in [0.2, 0.25) is 0 Å². The zero-order chi connectivity index (χ0) is 13.1. The van der Waals surface area contributed by atoms with Gasteiger partial charge in [0.25, 0.3) is 0 Å². The Morgan fingerprint density at radius 3 is 3.00 bits per heavy atom. The molecule has 0 radical (unpaired) electrons. The molecule has 0 saturated heterocycles. The van der Waals surface area contributed by atoms with Gasteiger partial charge in [-0.1, -0.05) is 0 Å². The molecular formula is C11H15N3O3S. The molecule has 1 aliphatic rings. The summed E-state index contributed by atoms with van der Waals surface area (Å²) >= 11 is 1.47. The van der Waals surface area contributed by atoms with Gasteiger partial charge in [-0.15, -0.1) is 11.3 Å². The first-order valence-corrected chi connectivity index (χ1v) is 6.64. The molecule has 7 heteroatoms. The van der Waals surface area contributed by atoms with Gasteiger partial charge in [-0.3, -0.25) is 9.59 Å². The summed E-state index contributed by atoms with van der Waals surface area (Å²) in [5, 5.41) is 12.8. The molecule has 1 heterocycles. The molecule has 1 unspecified atom stereocenters. The highest BCUT2D eigenvalue weighted by molar-refractivity contribution is 7.15. The van der Waals surface area contributed by atoms with Crippen molar-refractivity contribution >= 4 is 28.3 Å². The van der Waals surface area contributed by atoms with Crippen LogP contribution in [0.4, 0.5) is 5.13 Å². The summed E-state index contributed by atoms with van der Waals surface area (Å²) in [6, 6.07) is 0. The molecule has 6 nitrogen and oxygen atoms in total. The van der Waals surface area contributed by atoms with Crippen LogP contribution in [0.1, 0.15) is 35.8 Å². The summed E-state index contributed by atoms with van der Waals surface area (Å²) in [5.41, 5.74) is 5.72. The molecule has 0 spiro atoms. The van der Waals surface area contributed by atoms with Crippen molar-refractivity contribution in [2.24, 2.45) is 5.73 Å². The molecule has 0 fully saturated rings. The number of carboxylic acids is 1. The first-order valence-electron chi connectivity index (χ1n) is 5.82. The maximum atomic E-state index is 11.1. The number of hydrogen-bond acceptors (Lipinski definition) is 5. The Kier molecular flexibility index (Phi) is 3.81. The minimum absolute atomic E-state index is 0.243. The monoisotopic (exact) mass is 269 g/mol. The van der Waals surface area contributed by atoms with Gasteiger partial charge in [-0.25, -0.2) is 4.98 Å². The Hall–Kier alpha value is -1.63. The Labute approximate surface area is 108 Å². The number of nitrogens with two attached hydrogens (primary N) is 1. The predicted molar refractivity (Wildman–Crippen MR) is 67.7 cm³/mol. The Balaban J connectivity index is 2.07. The van der Waals surface area contributed by atoms with Crippen molar-refractivity contribution < 1.29 is 14.7 Å². The number of thiazole rings is 1. The SMILES string of the molecule is NC(=O)CCNc1nc2c(s1)CCCC2C(=O)O. The molecule has 0 bridgehead atoms. The van der Waals surface area contributed by atoms with Crippen molar-refractivity contribution in [3.63, 3.8) is 0 Å². The van der Waals surface area contributed by atoms with Gasteiger partial charge in [0.1, 0.15) is 5.92 Å². The van der Waals surface area contributed by atoms with Crippen molar-refractivity contribution in [1.82, 2.24) is 4.98 Å². The fourth-order valence-corrected chi connectivity index (χ4v) is 3.12. The highest BCUT2D eigenvalue weighted by Gasteiger charge is 2.29. The van der Waals surface area contributed by atoms with E-state index in [9.17, 15) is 9.59 Å².